The molecule has 0 saturated carbocycles. The van der Waals surface area contributed by atoms with E-state index in [9.17, 15) is 9.59 Å². The number of hydrogen-bond donors (Lipinski definition) is 1. The summed E-state index contributed by atoms with van der Waals surface area (Å²) >= 11 is 7.49. The van der Waals surface area contributed by atoms with Crippen molar-refractivity contribution in [3.8, 4) is 11.5 Å². The maximum atomic E-state index is 13.4. The zero-order chi connectivity index (χ0) is 23.6. The highest BCUT2D eigenvalue weighted by molar-refractivity contribution is 14.1. The summed E-state index contributed by atoms with van der Waals surface area (Å²) in [4.78, 5) is 27.4. The van der Waals surface area contributed by atoms with Gasteiger partial charge >= 0.3 is 0 Å². The zero-order valence-electron chi connectivity index (χ0n) is 18.6. The number of ether oxygens (including phenoxy) is 2. The van der Waals surface area contributed by atoms with Crippen LogP contribution in [0, 0.1) is 17.4 Å². The number of anilines is 1. The quantitative estimate of drug-likeness (QED) is 0.234. The molecule has 0 aromatic heterocycles. The van der Waals surface area contributed by atoms with Gasteiger partial charge < -0.3 is 9.47 Å². The summed E-state index contributed by atoms with van der Waals surface area (Å²) in [5.41, 5.74) is 3.16. The number of nitrogens with zero attached hydrogens (tertiary/aromatic N) is 1. The largest absolute Gasteiger partial charge is 0.490 e. The smallest absolute Gasteiger partial charge is 0.270 e. The van der Waals surface area contributed by atoms with Gasteiger partial charge in [0.2, 0.25) is 0 Å². The van der Waals surface area contributed by atoms with Crippen LogP contribution >= 0.6 is 34.8 Å². The molecule has 8 heteroatoms. The summed E-state index contributed by atoms with van der Waals surface area (Å²) in [6, 6.07) is 9.38. The summed E-state index contributed by atoms with van der Waals surface area (Å²) < 4.78 is 12.5. The fourth-order valence-corrected chi connectivity index (χ4v) is 4.31. The molecule has 168 valence electrons. The Balaban J connectivity index is 2.07. The van der Waals surface area contributed by atoms with Gasteiger partial charge in [-0.15, -0.1) is 0 Å². The maximum Gasteiger partial charge on any atom is 0.270 e. The lowest BCUT2D eigenvalue weighted by molar-refractivity contribution is -0.122. The van der Waals surface area contributed by atoms with E-state index in [1.807, 2.05) is 58.9 Å². The normalized spacial score (nSPS) is 15.4. The van der Waals surface area contributed by atoms with Gasteiger partial charge in [-0.25, -0.2) is 0 Å². The SMILES string of the molecule is CCOc1cc(/C=C2\C(=O)NC(=S)N(c3cc(C)ccc3C)C2=O)cc(I)c1OC(C)C. The van der Waals surface area contributed by atoms with Crippen LogP contribution in [0.5, 0.6) is 11.5 Å². The van der Waals surface area contributed by atoms with Crippen LogP contribution in [0.4, 0.5) is 5.69 Å². The third-order valence-corrected chi connectivity index (χ3v) is 5.79. The van der Waals surface area contributed by atoms with Gasteiger partial charge in [0.1, 0.15) is 5.57 Å². The molecule has 1 fully saturated rings. The predicted molar refractivity (Wildman–Crippen MR) is 138 cm³/mol. The molecule has 1 N–H and O–H groups in total. The van der Waals surface area contributed by atoms with Crippen molar-refractivity contribution in [1.82, 2.24) is 5.32 Å². The van der Waals surface area contributed by atoms with E-state index in [2.05, 4.69) is 27.9 Å². The minimum atomic E-state index is -0.531. The number of amides is 2. The van der Waals surface area contributed by atoms with E-state index in [0.717, 1.165) is 14.7 Å². The molecule has 0 bridgehead atoms. The first-order valence-corrected chi connectivity index (χ1v) is 11.7. The predicted octanol–water partition coefficient (Wildman–Crippen LogP) is 4.93. The minimum absolute atomic E-state index is 0.00437. The molecule has 3 rings (SSSR count). The number of rotatable bonds is 6. The van der Waals surface area contributed by atoms with Gasteiger partial charge in [-0.2, -0.15) is 0 Å². The first kappa shape index (κ1) is 24.2. The van der Waals surface area contributed by atoms with Gasteiger partial charge in [-0.05, 0) is 110 Å². The molecule has 0 atom stereocenters. The molecule has 1 heterocycles. The highest BCUT2D eigenvalue weighted by Gasteiger charge is 2.35. The molecule has 0 radical (unpaired) electrons. The number of carbonyl (C=O) groups is 2. The second-order valence-electron chi connectivity index (χ2n) is 7.68. The Hall–Kier alpha value is -2.46. The monoisotopic (exact) mass is 564 g/mol. The Kier molecular flexibility index (Phi) is 7.55. The average molecular weight is 564 g/mol. The highest BCUT2D eigenvalue weighted by Crippen LogP contribution is 2.36. The Labute approximate surface area is 207 Å². The van der Waals surface area contributed by atoms with Gasteiger partial charge in [-0.3, -0.25) is 19.8 Å². The number of benzene rings is 2. The molecule has 1 aliphatic heterocycles. The second-order valence-corrected chi connectivity index (χ2v) is 9.23. The number of thiocarbonyl (C=S) groups is 1. The minimum Gasteiger partial charge on any atom is -0.490 e. The number of nitrogens with one attached hydrogen (secondary N) is 1. The van der Waals surface area contributed by atoms with Crippen molar-refractivity contribution < 1.29 is 19.1 Å². The molecular weight excluding hydrogens is 539 g/mol. The van der Waals surface area contributed by atoms with E-state index in [1.165, 1.54) is 4.90 Å². The summed E-state index contributed by atoms with van der Waals surface area (Å²) in [6.45, 7) is 10.1. The van der Waals surface area contributed by atoms with Crippen molar-refractivity contribution in [3.63, 3.8) is 0 Å². The van der Waals surface area contributed by atoms with Gasteiger partial charge in [0, 0.05) is 0 Å². The van der Waals surface area contributed by atoms with Gasteiger partial charge in [0.25, 0.3) is 11.8 Å². The number of hydrogen-bond acceptors (Lipinski definition) is 5. The van der Waals surface area contributed by atoms with Crippen LogP contribution in [-0.2, 0) is 9.59 Å². The average Bonchev–Trinajstić information content (AvgIpc) is 2.70. The molecule has 1 saturated heterocycles. The molecule has 6 nitrogen and oxygen atoms in total. The molecule has 1 aliphatic rings. The summed E-state index contributed by atoms with van der Waals surface area (Å²) in [5.74, 6) is 0.202. The van der Waals surface area contributed by atoms with Crippen LogP contribution < -0.4 is 19.7 Å². The summed E-state index contributed by atoms with van der Waals surface area (Å²) in [5, 5.41) is 2.70. The fraction of sp³-hybridized carbons (Fsp3) is 0.292. The second kappa shape index (κ2) is 9.99. The molecule has 2 aromatic rings. The van der Waals surface area contributed by atoms with Crippen LogP contribution in [0.1, 0.15) is 37.5 Å². The van der Waals surface area contributed by atoms with Crippen molar-refractivity contribution in [3.05, 3.63) is 56.2 Å². The van der Waals surface area contributed by atoms with Crippen molar-refractivity contribution in [2.75, 3.05) is 11.5 Å². The molecule has 32 heavy (non-hydrogen) atoms. The molecule has 0 aliphatic carbocycles. The molecular formula is C24H25IN2O4S. The molecule has 0 unspecified atom stereocenters. The van der Waals surface area contributed by atoms with Crippen molar-refractivity contribution in [1.29, 1.82) is 0 Å². The Morgan fingerprint density at radius 3 is 2.56 bits per heavy atom. The molecule has 2 amide bonds. The number of halogens is 1. The van der Waals surface area contributed by atoms with Crippen LogP contribution in [0.3, 0.4) is 0 Å². The highest BCUT2D eigenvalue weighted by atomic mass is 127. The molecule has 0 spiro atoms. The van der Waals surface area contributed by atoms with E-state index in [0.29, 0.717) is 29.4 Å². The number of carbonyl (C=O) groups excluding carboxylic acids is 2. The zero-order valence-corrected chi connectivity index (χ0v) is 21.6. The fourth-order valence-electron chi connectivity index (χ4n) is 3.29. The number of aryl methyl sites for hydroxylation is 2. The lowest BCUT2D eigenvalue weighted by atomic mass is 10.0. The van der Waals surface area contributed by atoms with Gasteiger partial charge in [0.05, 0.1) is 22.0 Å². The maximum absolute atomic E-state index is 13.4. The Bertz CT molecular complexity index is 1130. The van der Waals surface area contributed by atoms with Crippen LogP contribution in [0.2, 0.25) is 0 Å². The molecule has 2 aromatic carbocycles. The van der Waals surface area contributed by atoms with Crippen molar-refractivity contribution >= 4 is 63.5 Å². The van der Waals surface area contributed by atoms with Crippen LogP contribution in [0.15, 0.2) is 35.9 Å². The van der Waals surface area contributed by atoms with E-state index < -0.39 is 11.8 Å². The Morgan fingerprint density at radius 1 is 1.19 bits per heavy atom. The van der Waals surface area contributed by atoms with E-state index in [4.69, 9.17) is 21.7 Å². The van der Waals surface area contributed by atoms with E-state index >= 15 is 0 Å². The van der Waals surface area contributed by atoms with Gasteiger partial charge in [-0.1, -0.05) is 12.1 Å². The lowest BCUT2D eigenvalue weighted by Gasteiger charge is -2.30. The summed E-state index contributed by atoms with van der Waals surface area (Å²) in [7, 11) is 0. The van der Waals surface area contributed by atoms with E-state index in [1.54, 1.807) is 12.1 Å². The van der Waals surface area contributed by atoms with Gasteiger partial charge in [0.15, 0.2) is 16.6 Å². The van der Waals surface area contributed by atoms with Crippen molar-refractivity contribution in [2.24, 2.45) is 0 Å². The van der Waals surface area contributed by atoms with E-state index in [-0.39, 0.29) is 16.8 Å². The van der Waals surface area contributed by atoms with Crippen LogP contribution in [-0.4, -0.2) is 29.6 Å². The van der Waals surface area contributed by atoms with Crippen molar-refractivity contribution in [2.45, 2.75) is 40.7 Å². The third-order valence-electron chi connectivity index (χ3n) is 4.70. The van der Waals surface area contributed by atoms with Crippen LogP contribution in [0.25, 0.3) is 6.08 Å². The first-order chi connectivity index (χ1) is 15.1. The Morgan fingerprint density at radius 2 is 1.91 bits per heavy atom. The lowest BCUT2D eigenvalue weighted by Crippen LogP contribution is -2.54. The third kappa shape index (κ3) is 5.12. The first-order valence-electron chi connectivity index (χ1n) is 10.2. The topological polar surface area (TPSA) is 67.9 Å². The standard InChI is InChI=1S/C24H25IN2O4S/c1-6-30-20-12-16(11-18(25)21(20)31-13(2)3)10-17-22(28)26-24(32)27(23(17)29)19-9-14(4)7-8-15(19)5/h7-13H,6H2,1-5H3,(H,26,28,32)/b17-10+. The summed E-state index contributed by atoms with van der Waals surface area (Å²) in [6.07, 6.45) is 1.53.